The van der Waals surface area contributed by atoms with Gasteiger partial charge in [-0.15, -0.1) is 0 Å². The van der Waals surface area contributed by atoms with Crippen molar-refractivity contribution in [2.45, 2.75) is 125 Å². The maximum Gasteiger partial charge on any atom is 0.408 e. The van der Waals surface area contributed by atoms with E-state index in [2.05, 4.69) is 26.1 Å². The average molecular weight is 508 g/mol. The third-order valence-corrected chi connectivity index (χ3v) is 5.66. The molecule has 6 N–H and O–H groups in total. The van der Waals surface area contributed by atoms with Gasteiger partial charge in [0.05, 0.1) is 38.1 Å². The molecule has 0 aliphatic rings. The topological polar surface area (TPSA) is 149 Å². The fraction of sp³-hybridized carbons (Fsp3) is 0.962. The van der Waals surface area contributed by atoms with Crippen molar-refractivity contribution < 1.29 is 39.8 Å². The lowest BCUT2D eigenvalue weighted by Crippen LogP contribution is -2.51. The van der Waals surface area contributed by atoms with E-state index in [4.69, 9.17) is 14.6 Å². The van der Waals surface area contributed by atoms with E-state index in [9.17, 15) is 25.2 Å². The fourth-order valence-electron chi connectivity index (χ4n) is 4.74. The number of carbonyl (C=O) groups excluding carboxylic acids is 1. The van der Waals surface area contributed by atoms with Gasteiger partial charge >= 0.3 is 6.09 Å². The molecule has 0 aliphatic heterocycles. The number of amides is 1. The molecule has 0 aromatic heterocycles. The van der Waals surface area contributed by atoms with Crippen LogP contribution in [0.15, 0.2) is 0 Å². The molecule has 5 atom stereocenters. The fourth-order valence-corrected chi connectivity index (χ4v) is 4.74. The summed E-state index contributed by atoms with van der Waals surface area (Å²) >= 11 is 0. The van der Waals surface area contributed by atoms with Crippen LogP contribution in [0.4, 0.5) is 4.79 Å². The van der Waals surface area contributed by atoms with Gasteiger partial charge in [-0.05, 0) is 42.9 Å². The summed E-state index contributed by atoms with van der Waals surface area (Å²) in [5.41, 5.74) is -1.34. The number of hydrogen-bond donors (Lipinski definition) is 6. The van der Waals surface area contributed by atoms with Crippen molar-refractivity contribution in [2.75, 3.05) is 19.8 Å². The number of alkyl carbamates (subject to hydrolysis) is 1. The molecule has 0 fully saturated rings. The van der Waals surface area contributed by atoms with Gasteiger partial charge in [0.2, 0.25) is 0 Å². The summed E-state index contributed by atoms with van der Waals surface area (Å²) in [6.45, 7) is 18.7. The molecule has 210 valence electrons. The molecular formula is C26H53NO8. The Hall–Kier alpha value is -0.970. The molecule has 0 aromatic carbocycles. The predicted octanol–water partition coefficient (Wildman–Crippen LogP) is 2.60. The zero-order chi connectivity index (χ0) is 27.8. The van der Waals surface area contributed by atoms with Crippen LogP contribution in [0.2, 0.25) is 0 Å². The number of aliphatic hydroxyl groups is 5. The highest BCUT2D eigenvalue weighted by Gasteiger charge is 2.36. The van der Waals surface area contributed by atoms with Gasteiger partial charge in [-0.2, -0.15) is 0 Å². The summed E-state index contributed by atoms with van der Waals surface area (Å²) < 4.78 is 11.0. The highest BCUT2D eigenvalue weighted by atomic mass is 16.6. The van der Waals surface area contributed by atoms with Gasteiger partial charge in [-0.25, -0.2) is 4.79 Å². The molecular weight excluding hydrogens is 454 g/mol. The van der Waals surface area contributed by atoms with Gasteiger partial charge in [0.25, 0.3) is 0 Å². The molecule has 0 rings (SSSR count). The van der Waals surface area contributed by atoms with Crippen molar-refractivity contribution in [3.63, 3.8) is 0 Å². The molecule has 9 nitrogen and oxygen atoms in total. The monoisotopic (exact) mass is 507 g/mol. The van der Waals surface area contributed by atoms with Gasteiger partial charge in [0.1, 0.15) is 17.8 Å². The number of nitrogens with one attached hydrogen (secondary N) is 1. The standard InChI is InChI=1S/C26H53NO8/c1-23(2,3)15-25(7,8)21(32)11-18(29)17(13-34-14-20(31)19(30)12-28)27-22(33)35-26(9,10)16-24(4,5)6/h17-21,28-32H,11-16H2,1-10H3,(H,27,33). The van der Waals surface area contributed by atoms with E-state index in [-0.39, 0.29) is 30.5 Å². The van der Waals surface area contributed by atoms with Crippen LogP contribution in [-0.2, 0) is 9.47 Å². The minimum Gasteiger partial charge on any atom is -0.444 e. The molecule has 35 heavy (non-hydrogen) atoms. The average Bonchev–Trinajstić information content (AvgIpc) is 2.61. The minimum atomic E-state index is -1.37. The summed E-state index contributed by atoms with van der Waals surface area (Å²) in [5.74, 6) is 0. The third kappa shape index (κ3) is 15.0. The molecule has 5 unspecified atom stereocenters. The summed E-state index contributed by atoms with van der Waals surface area (Å²) in [6.07, 6.45) is -4.12. The Morgan fingerprint density at radius 1 is 0.771 bits per heavy atom. The Bertz CT molecular complexity index is 624. The van der Waals surface area contributed by atoms with Crippen molar-refractivity contribution in [1.82, 2.24) is 5.32 Å². The Morgan fingerprint density at radius 3 is 1.74 bits per heavy atom. The molecule has 0 aliphatic carbocycles. The third-order valence-electron chi connectivity index (χ3n) is 5.66. The Kier molecular flexibility index (Phi) is 13.2. The second kappa shape index (κ2) is 13.5. The molecule has 1 amide bonds. The maximum atomic E-state index is 12.7. The molecule has 0 heterocycles. The van der Waals surface area contributed by atoms with Crippen LogP contribution >= 0.6 is 0 Å². The van der Waals surface area contributed by atoms with E-state index in [0.29, 0.717) is 6.42 Å². The van der Waals surface area contributed by atoms with Gasteiger partial charge < -0.3 is 40.3 Å². The first kappa shape index (κ1) is 34.0. The van der Waals surface area contributed by atoms with Crippen LogP contribution in [0.3, 0.4) is 0 Å². The van der Waals surface area contributed by atoms with E-state index in [0.717, 1.165) is 6.42 Å². The van der Waals surface area contributed by atoms with E-state index < -0.39 is 54.2 Å². The van der Waals surface area contributed by atoms with Crippen molar-refractivity contribution in [1.29, 1.82) is 0 Å². The van der Waals surface area contributed by atoms with E-state index in [1.807, 2.05) is 48.5 Å². The Morgan fingerprint density at radius 2 is 1.29 bits per heavy atom. The summed E-state index contributed by atoms with van der Waals surface area (Å²) in [4.78, 5) is 12.7. The van der Waals surface area contributed by atoms with Gasteiger partial charge in [-0.1, -0.05) is 55.4 Å². The van der Waals surface area contributed by atoms with Crippen LogP contribution in [0.1, 0.15) is 88.5 Å². The van der Waals surface area contributed by atoms with Gasteiger partial charge in [0, 0.05) is 6.42 Å². The minimum absolute atomic E-state index is 0.00934. The number of rotatable bonds is 14. The highest BCUT2D eigenvalue weighted by Crippen LogP contribution is 2.37. The Balaban J connectivity index is 5.38. The van der Waals surface area contributed by atoms with Crippen molar-refractivity contribution in [3.8, 4) is 0 Å². The lowest BCUT2D eigenvalue weighted by Gasteiger charge is -2.38. The van der Waals surface area contributed by atoms with Crippen LogP contribution in [0, 0.1) is 16.2 Å². The first-order valence-corrected chi connectivity index (χ1v) is 12.5. The number of aliphatic hydroxyl groups excluding tert-OH is 5. The van der Waals surface area contributed by atoms with Crippen molar-refractivity contribution in [2.24, 2.45) is 16.2 Å². The molecule has 9 heteroatoms. The van der Waals surface area contributed by atoms with Crippen LogP contribution in [0.5, 0.6) is 0 Å². The van der Waals surface area contributed by atoms with Gasteiger partial charge in [-0.3, -0.25) is 0 Å². The van der Waals surface area contributed by atoms with Crippen LogP contribution in [0.25, 0.3) is 0 Å². The van der Waals surface area contributed by atoms with Crippen molar-refractivity contribution >= 4 is 6.09 Å². The number of carbonyl (C=O) groups is 1. The zero-order valence-electron chi connectivity index (χ0n) is 23.6. The smallest absolute Gasteiger partial charge is 0.408 e. The molecule has 0 saturated carbocycles. The predicted molar refractivity (Wildman–Crippen MR) is 136 cm³/mol. The summed E-state index contributed by atoms with van der Waals surface area (Å²) in [7, 11) is 0. The highest BCUT2D eigenvalue weighted by molar-refractivity contribution is 5.68. The molecule has 0 bridgehead atoms. The van der Waals surface area contributed by atoms with Crippen LogP contribution in [-0.4, -0.2) is 87.5 Å². The summed E-state index contributed by atoms with van der Waals surface area (Å²) in [5, 5.41) is 52.8. The van der Waals surface area contributed by atoms with E-state index in [1.165, 1.54) is 0 Å². The molecule has 0 radical (unpaired) electrons. The lowest BCUT2D eigenvalue weighted by atomic mass is 9.71. The first-order chi connectivity index (χ1) is 15.6. The van der Waals surface area contributed by atoms with Crippen molar-refractivity contribution in [3.05, 3.63) is 0 Å². The largest absolute Gasteiger partial charge is 0.444 e. The lowest BCUT2D eigenvalue weighted by molar-refractivity contribution is -0.0706. The molecule has 0 aromatic rings. The number of hydrogen-bond acceptors (Lipinski definition) is 8. The molecule has 0 saturated heterocycles. The zero-order valence-corrected chi connectivity index (χ0v) is 23.6. The summed E-state index contributed by atoms with van der Waals surface area (Å²) in [6, 6.07) is -0.938. The normalized spacial score (nSPS) is 17.9. The van der Waals surface area contributed by atoms with E-state index >= 15 is 0 Å². The maximum absolute atomic E-state index is 12.7. The Labute approximate surface area is 212 Å². The number of ether oxygens (including phenoxy) is 2. The quantitative estimate of drug-likeness (QED) is 0.210. The molecule has 0 spiro atoms. The van der Waals surface area contributed by atoms with Crippen LogP contribution < -0.4 is 5.32 Å². The SMILES string of the molecule is CC(C)(C)CC(C)(C)OC(=O)NC(COCC(O)C(O)CO)C(O)CC(O)C(C)(C)CC(C)(C)C. The second-order valence-corrected chi connectivity index (χ2v) is 13.5. The second-order valence-electron chi connectivity index (χ2n) is 13.5. The van der Waals surface area contributed by atoms with E-state index in [1.54, 1.807) is 0 Å². The first-order valence-electron chi connectivity index (χ1n) is 12.5. The van der Waals surface area contributed by atoms with Gasteiger partial charge in [0.15, 0.2) is 0 Å².